The fourth-order valence-corrected chi connectivity index (χ4v) is 2.17. The average molecular weight is 178 g/mol. The van der Waals surface area contributed by atoms with E-state index >= 15 is 0 Å². The van der Waals surface area contributed by atoms with Gasteiger partial charge in [0.1, 0.15) is 0 Å². The largest absolute Gasteiger partial charge is 0.307 e. The van der Waals surface area contributed by atoms with E-state index in [1.54, 1.807) is 0 Å². The molecule has 2 rings (SSSR count). The smallest absolute Gasteiger partial charge is 0.0418 e. The number of hydrogen-bond acceptors (Lipinski definition) is 4. The minimum atomic E-state index is 1.17. The molecule has 2 N–H and O–H groups in total. The summed E-state index contributed by atoms with van der Waals surface area (Å²) < 4.78 is 0. The quantitative estimate of drug-likeness (QED) is 0.566. The molecule has 0 aromatic rings. The van der Waals surface area contributed by atoms with Gasteiger partial charge in [0, 0.05) is 36.3 Å². The van der Waals surface area contributed by atoms with Crippen LogP contribution in [0.1, 0.15) is 0 Å². The predicted octanol–water partition coefficient (Wildman–Crippen LogP) is 0.561. The van der Waals surface area contributed by atoms with Crippen molar-refractivity contribution in [1.82, 2.24) is 10.6 Å². The summed E-state index contributed by atoms with van der Waals surface area (Å²) in [5.74, 6) is 4.94. The zero-order valence-corrected chi connectivity index (χ0v) is 7.69. The van der Waals surface area contributed by atoms with Crippen molar-refractivity contribution in [3.05, 3.63) is 0 Å². The van der Waals surface area contributed by atoms with Gasteiger partial charge in [-0.2, -0.15) is 0 Å². The van der Waals surface area contributed by atoms with Crippen LogP contribution in [0.2, 0.25) is 0 Å². The highest BCUT2D eigenvalue weighted by atomic mass is 32.2. The van der Waals surface area contributed by atoms with Gasteiger partial charge in [-0.25, -0.2) is 0 Å². The minimum Gasteiger partial charge on any atom is -0.307 e. The first-order valence-corrected chi connectivity index (χ1v) is 5.88. The maximum absolute atomic E-state index is 3.19. The first-order chi connectivity index (χ1) is 5.00. The van der Waals surface area contributed by atoms with Gasteiger partial charge in [-0.15, -0.1) is 23.5 Å². The van der Waals surface area contributed by atoms with Crippen LogP contribution in [0.3, 0.4) is 0 Å². The third kappa shape index (κ3) is 4.44. The lowest BCUT2D eigenvalue weighted by atomic mass is 10.8. The lowest BCUT2D eigenvalue weighted by molar-refractivity contribution is 0.885. The monoisotopic (exact) mass is 178 g/mol. The molecule has 0 aliphatic carbocycles. The minimum absolute atomic E-state index is 1.17. The van der Waals surface area contributed by atoms with Crippen molar-refractivity contribution in [1.29, 1.82) is 0 Å². The molecule has 10 heavy (non-hydrogen) atoms. The molecule has 2 fully saturated rings. The van der Waals surface area contributed by atoms with Gasteiger partial charge >= 0.3 is 0 Å². The summed E-state index contributed by atoms with van der Waals surface area (Å²) in [6.45, 7) is 2.43. The summed E-state index contributed by atoms with van der Waals surface area (Å²) in [4.78, 5) is 0. The Labute approximate surface area is 70.9 Å². The summed E-state index contributed by atoms with van der Waals surface area (Å²) >= 11 is 3.93. The summed E-state index contributed by atoms with van der Waals surface area (Å²) in [6, 6.07) is 0. The van der Waals surface area contributed by atoms with Gasteiger partial charge < -0.3 is 10.6 Å². The van der Waals surface area contributed by atoms with Crippen molar-refractivity contribution in [3.63, 3.8) is 0 Å². The molecule has 0 saturated carbocycles. The first-order valence-electron chi connectivity index (χ1n) is 3.57. The van der Waals surface area contributed by atoms with E-state index in [1.807, 2.05) is 23.5 Å². The maximum atomic E-state index is 3.19. The second-order valence-corrected chi connectivity index (χ2v) is 4.32. The highest BCUT2D eigenvalue weighted by molar-refractivity contribution is 7.99. The molecule has 0 spiro atoms. The van der Waals surface area contributed by atoms with Crippen LogP contribution in [0.15, 0.2) is 0 Å². The number of rotatable bonds is 0. The van der Waals surface area contributed by atoms with E-state index in [2.05, 4.69) is 10.6 Å². The average Bonchev–Trinajstić information content (AvgIpc) is 2.67. The van der Waals surface area contributed by atoms with E-state index in [1.165, 1.54) is 36.3 Å². The molecule has 2 saturated heterocycles. The molecule has 2 aliphatic heterocycles. The predicted molar refractivity (Wildman–Crippen MR) is 50.7 cm³/mol. The summed E-state index contributed by atoms with van der Waals surface area (Å²) in [5.41, 5.74) is 0. The van der Waals surface area contributed by atoms with Crippen LogP contribution in [0, 0.1) is 0 Å². The van der Waals surface area contributed by atoms with Crippen LogP contribution in [0.4, 0.5) is 0 Å². The lowest BCUT2D eigenvalue weighted by Crippen LogP contribution is -2.04. The fourth-order valence-electron chi connectivity index (χ4n) is 0.722. The Hall–Kier alpha value is 0.620. The van der Waals surface area contributed by atoms with E-state index in [0.717, 1.165) is 0 Å². The van der Waals surface area contributed by atoms with Crippen LogP contribution < -0.4 is 10.6 Å². The van der Waals surface area contributed by atoms with Gasteiger partial charge in [-0.3, -0.25) is 0 Å². The standard InChI is InChI=1S/2C3H7NS/c2*1-2-5-3-4-1/h2*4H,1-3H2. The second kappa shape index (κ2) is 6.34. The molecule has 60 valence electrons. The van der Waals surface area contributed by atoms with Crippen LogP contribution in [0.25, 0.3) is 0 Å². The van der Waals surface area contributed by atoms with Crippen molar-refractivity contribution < 1.29 is 0 Å². The molecule has 0 atom stereocenters. The van der Waals surface area contributed by atoms with E-state index in [4.69, 9.17) is 0 Å². The van der Waals surface area contributed by atoms with Gasteiger partial charge in [0.25, 0.3) is 0 Å². The van der Waals surface area contributed by atoms with Gasteiger partial charge in [-0.1, -0.05) is 0 Å². The van der Waals surface area contributed by atoms with Crippen molar-refractivity contribution in [3.8, 4) is 0 Å². The van der Waals surface area contributed by atoms with E-state index in [9.17, 15) is 0 Å². The summed E-state index contributed by atoms with van der Waals surface area (Å²) in [5, 5.41) is 6.37. The number of hydrogen-bond donors (Lipinski definition) is 2. The molecular weight excluding hydrogens is 164 g/mol. The Bertz CT molecular complexity index is 46.9. The molecule has 0 radical (unpaired) electrons. The second-order valence-electron chi connectivity index (χ2n) is 2.11. The van der Waals surface area contributed by atoms with Crippen LogP contribution >= 0.6 is 23.5 Å². The van der Waals surface area contributed by atoms with Gasteiger partial charge in [0.15, 0.2) is 0 Å². The molecule has 0 aromatic carbocycles. The molecular formula is C6H14N2S2. The zero-order valence-electron chi connectivity index (χ0n) is 6.06. The Morgan fingerprint density at radius 2 is 1.30 bits per heavy atom. The Morgan fingerprint density at radius 3 is 1.40 bits per heavy atom. The van der Waals surface area contributed by atoms with E-state index < -0.39 is 0 Å². The molecule has 0 aromatic heterocycles. The highest BCUT2D eigenvalue weighted by Crippen LogP contribution is 2.00. The Morgan fingerprint density at radius 1 is 0.800 bits per heavy atom. The fraction of sp³-hybridized carbons (Fsp3) is 1.00. The maximum Gasteiger partial charge on any atom is 0.0418 e. The molecule has 2 nitrogen and oxygen atoms in total. The van der Waals surface area contributed by atoms with E-state index in [-0.39, 0.29) is 0 Å². The van der Waals surface area contributed by atoms with Gasteiger partial charge in [0.05, 0.1) is 0 Å². The highest BCUT2D eigenvalue weighted by Gasteiger charge is 1.93. The third-order valence-corrected chi connectivity index (χ3v) is 3.06. The zero-order chi connectivity index (χ0) is 7.07. The van der Waals surface area contributed by atoms with E-state index in [0.29, 0.717) is 0 Å². The Kier molecular flexibility index (Phi) is 5.52. The molecule has 0 bridgehead atoms. The molecule has 0 unspecified atom stereocenters. The molecule has 2 heterocycles. The van der Waals surface area contributed by atoms with Crippen molar-refractivity contribution in [2.45, 2.75) is 0 Å². The van der Waals surface area contributed by atoms with Crippen molar-refractivity contribution >= 4 is 23.5 Å². The van der Waals surface area contributed by atoms with Gasteiger partial charge in [-0.05, 0) is 0 Å². The molecule has 0 amide bonds. The van der Waals surface area contributed by atoms with Crippen LogP contribution in [-0.2, 0) is 0 Å². The first kappa shape index (κ1) is 8.71. The number of nitrogens with one attached hydrogen (secondary N) is 2. The third-order valence-electron chi connectivity index (χ3n) is 1.25. The Balaban J connectivity index is 0.0000001000. The summed E-state index contributed by atoms with van der Waals surface area (Å²) in [6.07, 6.45) is 0. The van der Waals surface area contributed by atoms with Crippen LogP contribution in [-0.4, -0.2) is 36.3 Å². The summed E-state index contributed by atoms with van der Waals surface area (Å²) in [7, 11) is 0. The van der Waals surface area contributed by atoms with Crippen molar-refractivity contribution in [2.24, 2.45) is 0 Å². The molecule has 4 heteroatoms. The van der Waals surface area contributed by atoms with Crippen molar-refractivity contribution in [2.75, 3.05) is 36.3 Å². The lowest BCUT2D eigenvalue weighted by Gasteiger charge is -1.74. The van der Waals surface area contributed by atoms with Gasteiger partial charge in [0.2, 0.25) is 0 Å². The normalized spacial score (nSPS) is 24.0. The number of thioether (sulfide) groups is 2. The van der Waals surface area contributed by atoms with Crippen LogP contribution in [0.5, 0.6) is 0 Å². The SMILES string of the molecule is C1CSCN1.C1CSCN1. The topological polar surface area (TPSA) is 24.1 Å². The molecule has 2 aliphatic rings.